The van der Waals surface area contributed by atoms with E-state index in [1.165, 1.54) is 14.2 Å². The van der Waals surface area contributed by atoms with Crippen molar-refractivity contribution in [3.63, 3.8) is 0 Å². The highest BCUT2D eigenvalue weighted by atomic mass is 16.5. The minimum Gasteiger partial charge on any atom is -0.367 e. The van der Waals surface area contributed by atoms with Crippen LogP contribution in [0.2, 0.25) is 0 Å². The Kier molecular flexibility index (Phi) is 7.32. The molecule has 2 N–H and O–H groups in total. The van der Waals surface area contributed by atoms with E-state index in [1.54, 1.807) is 0 Å². The van der Waals surface area contributed by atoms with Crippen LogP contribution in [0.1, 0.15) is 23.3 Å². The Morgan fingerprint density at radius 3 is 1.29 bits per heavy atom. The molecule has 0 aliphatic rings. The largest absolute Gasteiger partial charge is 0.367 e. The van der Waals surface area contributed by atoms with Gasteiger partial charge in [0, 0.05) is 36.4 Å². The fourth-order valence-corrected chi connectivity index (χ4v) is 3.97. The molecule has 0 saturated carbocycles. The molecule has 172 valence electrons. The lowest BCUT2D eigenvalue weighted by Crippen LogP contribution is -2.23. The second-order valence-electron chi connectivity index (χ2n) is 7.74. The lowest BCUT2D eigenvalue weighted by molar-refractivity contribution is -0.126. The van der Waals surface area contributed by atoms with Gasteiger partial charge in [-0.3, -0.25) is 9.59 Å². The number of methoxy groups -OCH3 is 2. The Morgan fingerprint density at radius 1 is 0.559 bits per heavy atom. The standard InChI is InChI=1S/C28H26N2O4/c1-33-25(19-11-5-3-6-12-19)27(31)29-23-17-9-16-22-21(23)15-10-18-24(22)30-28(32)26(34-2)20-13-7-4-8-14-20/h3-18,25-26H,1-2H3,(H,29,31)(H,30,32)/t25-,26+. The summed E-state index contributed by atoms with van der Waals surface area (Å²) in [4.78, 5) is 26.0. The number of anilines is 2. The number of benzene rings is 4. The van der Waals surface area contributed by atoms with Crippen molar-refractivity contribution in [2.45, 2.75) is 12.2 Å². The molecule has 0 unspecified atom stereocenters. The molecule has 2 amide bonds. The zero-order valence-corrected chi connectivity index (χ0v) is 19.0. The topological polar surface area (TPSA) is 76.7 Å². The van der Waals surface area contributed by atoms with Crippen LogP contribution in [0.3, 0.4) is 0 Å². The Hall–Kier alpha value is -4.00. The highest BCUT2D eigenvalue weighted by Gasteiger charge is 2.22. The van der Waals surface area contributed by atoms with E-state index >= 15 is 0 Å². The van der Waals surface area contributed by atoms with Crippen LogP contribution < -0.4 is 10.6 Å². The first-order valence-corrected chi connectivity index (χ1v) is 10.9. The second-order valence-corrected chi connectivity index (χ2v) is 7.74. The number of nitrogens with one attached hydrogen (secondary N) is 2. The van der Waals surface area contributed by atoms with Gasteiger partial charge in [0.25, 0.3) is 11.8 Å². The molecule has 6 heteroatoms. The van der Waals surface area contributed by atoms with Crippen molar-refractivity contribution in [1.82, 2.24) is 0 Å². The maximum atomic E-state index is 13.0. The van der Waals surface area contributed by atoms with Crippen LogP contribution in [0.5, 0.6) is 0 Å². The molecule has 0 aromatic heterocycles. The fraction of sp³-hybridized carbons (Fsp3) is 0.143. The smallest absolute Gasteiger partial charge is 0.258 e. The van der Waals surface area contributed by atoms with Crippen LogP contribution in [0, 0.1) is 0 Å². The Bertz CT molecular complexity index is 1170. The summed E-state index contributed by atoms with van der Waals surface area (Å²) in [6.07, 6.45) is -1.49. The third-order valence-corrected chi connectivity index (χ3v) is 5.59. The summed E-state index contributed by atoms with van der Waals surface area (Å²) in [5, 5.41) is 7.54. The van der Waals surface area contributed by atoms with Crippen LogP contribution in [-0.2, 0) is 19.1 Å². The molecule has 0 heterocycles. The van der Waals surface area contributed by atoms with E-state index in [0.29, 0.717) is 11.4 Å². The van der Waals surface area contributed by atoms with Gasteiger partial charge in [0.05, 0.1) is 0 Å². The summed E-state index contributed by atoms with van der Waals surface area (Å²) in [5.74, 6) is -0.557. The molecule has 6 nitrogen and oxygen atoms in total. The van der Waals surface area contributed by atoms with E-state index in [4.69, 9.17) is 9.47 Å². The van der Waals surface area contributed by atoms with Gasteiger partial charge in [0.1, 0.15) is 0 Å². The Balaban J connectivity index is 1.60. The van der Waals surface area contributed by atoms with E-state index in [0.717, 1.165) is 21.9 Å². The summed E-state index contributed by atoms with van der Waals surface area (Å²) < 4.78 is 10.9. The maximum Gasteiger partial charge on any atom is 0.258 e. The number of carbonyl (C=O) groups is 2. The van der Waals surface area contributed by atoms with Gasteiger partial charge in [0.2, 0.25) is 0 Å². The minimum absolute atomic E-state index is 0.279. The molecule has 0 saturated heterocycles. The first-order valence-electron chi connectivity index (χ1n) is 10.9. The Morgan fingerprint density at radius 2 is 0.941 bits per heavy atom. The van der Waals surface area contributed by atoms with Crippen molar-refractivity contribution in [2.75, 3.05) is 24.9 Å². The van der Waals surface area contributed by atoms with Gasteiger partial charge in [-0.2, -0.15) is 0 Å². The number of hydrogen-bond donors (Lipinski definition) is 2. The normalized spacial score (nSPS) is 12.6. The Labute approximate surface area is 198 Å². The van der Waals surface area contributed by atoms with Gasteiger partial charge in [-0.05, 0) is 23.3 Å². The molecule has 0 radical (unpaired) electrons. The predicted molar refractivity (Wildman–Crippen MR) is 134 cm³/mol. The van der Waals surface area contributed by atoms with Gasteiger partial charge in [0.15, 0.2) is 12.2 Å². The number of amides is 2. The van der Waals surface area contributed by atoms with Gasteiger partial charge in [-0.1, -0.05) is 84.9 Å². The zero-order valence-electron chi connectivity index (χ0n) is 19.0. The maximum absolute atomic E-state index is 13.0. The SMILES string of the molecule is CO[C@H](C(=O)Nc1cccc2c(NC(=O)[C@H](OC)c3ccccc3)cccc12)c1ccccc1. The summed E-state index contributed by atoms with van der Waals surface area (Å²) in [6.45, 7) is 0. The number of fused-ring (bicyclic) bond motifs is 1. The molecule has 0 aliphatic heterocycles. The molecular weight excluding hydrogens is 428 g/mol. The minimum atomic E-state index is -0.743. The van der Waals surface area contributed by atoms with Crippen LogP contribution in [0.4, 0.5) is 11.4 Å². The van der Waals surface area contributed by atoms with Gasteiger partial charge in [-0.15, -0.1) is 0 Å². The lowest BCUT2D eigenvalue weighted by atomic mass is 10.0. The van der Waals surface area contributed by atoms with Gasteiger partial charge in [-0.25, -0.2) is 0 Å². The van der Waals surface area contributed by atoms with E-state index in [2.05, 4.69) is 10.6 Å². The lowest BCUT2D eigenvalue weighted by Gasteiger charge is -2.18. The van der Waals surface area contributed by atoms with Crippen LogP contribution in [0.15, 0.2) is 97.1 Å². The van der Waals surface area contributed by atoms with E-state index in [9.17, 15) is 9.59 Å². The summed E-state index contributed by atoms with van der Waals surface area (Å²) in [5.41, 5.74) is 2.79. The molecule has 4 aromatic rings. The van der Waals surface area contributed by atoms with Crippen molar-refractivity contribution in [3.05, 3.63) is 108 Å². The quantitative estimate of drug-likeness (QED) is 0.369. The molecule has 2 atom stereocenters. The number of hydrogen-bond acceptors (Lipinski definition) is 4. The number of ether oxygens (including phenoxy) is 2. The van der Waals surface area contributed by atoms with Crippen LogP contribution >= 0.6 is 0 Å². The van der Waals surface area contributed by atoms with Gasteiger partial charge < -0.3 is 20.1 Å². The van der Waals surface area contributed by atoms with E-state index in [1.807, 2.05) is 97.1 Å². The molecule has 4 aromatic carbocycles. The molecular formula is C28H26N2O4. The van der Waals surface area contributed by atoms with Gasteiger partial charge >= 0.3 is 0 Å². The molecule has 0 aliphatic carbocycles. The van der Waals surface area contributed by atoms with E-state index < -0.39 is 12.2 Å². The molecule has 34 heavy (non-hydrogen) atoms. The average molecular weight is 455 g/mol. The zero-order chi connectivity index (χ0) is 23.9. The third kappa shape index (κ3) is 4.98. The van der Waals surface area contributed by atoms with Crippen molar-refractivity contribution >= 4 is 34.0 Å². The summed E-state index contributed by atoms with van der Waals surface area (Å²) in [7, 11) is 3.01. The summed E-state index contributed by atoms with van der Waals surface area (Å²) >= 11 is 0. The third-order valence-electron chi connectivity index (χ3n) is 5.59. The number of rotatable bonds is 8. The van der Waals surface area contributed by atoms with Crippen molar-refractivity contribution in [3.8, 4) is 0 Å². The molecule has 4 rings (SSSR count). The van der Waals surface area contributed by atoms with Crippen LogP contribution in [-0.4, -0.2) is 26.0 Å². The fourth-order valence-electron chi connectivity index (χ4n) is 3.97. The monoisotopic (exact) mass is 454 g/mol. The summed E-state index contributed by atoms with van der Waals surface area (Å²) in [6, 6.07) is 29.8. The highest BCUT2D eigenvalue weighted by molar-refractivity contribution is 6.10. The van der Waals surface area contributed by atoms with Crippen molar-refractivity contribution in [1.29, 1.82) is 0 Å². The molecule has 0 spiro atoms. The average Bonchev–Trinajstić information content (AvgIpc) is 2.87. The second kappa shape index (κ2) is 10.7. The van der Waals surface area contributed by atoms with Crippen LogP contribution in [0.25, 0.3) is 10.8 Å². The molecule has 0 bridgehead atoms. The van der Waals surface area contributed by atoms with Crippen molar-refractivity contribution in [2.24, 2.45) is 0 Å². The molecule has 0 fully saturated rings. The highest BCUT2D eigenvalue weighted by Crippen LogP contribution is 2.31. The number of carbonyl (C=O) groups excluding carboxylic acids is 2. The first-order chi connectivity index (χ1) is 16.6. The first kappa shape index (κ1) is 23.2. The van der Waals surface area contributed by atoms with E-state index in [-0.39, 0.29) is 11.8 Å². The van der Waals surface area contributed by atoms with Crippen molar-refractivity contribution < 1.29 is 19.1 Å². The predicted octanol–water partition coefficient (Wildman–Crippen LogP) is 5.49.